The molecule has 0 spiro atoms. The summed E-state index contributed by atoms with van der Waals surface area (Å²) in [4.78, 5) is 11.8. The molecule has 134 valence electrons. The molecule has 0 saturated carbocycles. The van der Waals surface area contributed by atoms with Crippen LogP contribution < -0.4 is 15.4 Å². The number of nitrogens with one attached hydrogen (secondary N) is 2. The van der Waals surface area contributed by atoms with Gasteiger partial charge in [0.25, 0.3) is 0 Å². The van der Waals surface area contributed by atoms with Gasteiger partial charge in [-0.05, 0) is 54.8 Å². The van der Waals surface area contributed by atoms with E-state index in [4.69, 9.17) is 4.74 Å². The molecule has 5 heteroatoms. The van der Waals surface area contributed by atoms with E-state index in [0.717, 1.165) is 24.3 Å². The van der Waals surface area contributed by atoms with Crippen molar-refractivity contribution in [2.24, 2.45) is 0 Å². The van der Waals surface area contributed by atoms with Gasteiger partial charge in [0, 0.05) is 19.5 Å². The summed E-state index contributed by atoms with van der Waals surface area (Å²) in [7, 11) is 1.65. The summed E-state index contributed by atoms with van der Waals surface area (Å²) in [5, 5.41) is 6.15. The number of hydrogen-bond acceptors (Lipinski definition) is 3. The molecule has 0 aromatic heterocycles. The van der Waals surface area contributed by atoms with E-state index in [0.29, 0.717) is 25.9 Å². The van der Waals surface area contributed by atoms with E-state index in [-0.39, 0.29) is 11.7 Å². The Hall–Kier alpha value is -2.40. The van der Waals surface area contributed by atoms with Crippen molar-refractivity contribution in [2.45, 2.75) is 19.3 Å². The predicted molar refractivity (Wildman–Crippen MR) is 97.3 cm³/mol. The summed E-state index contributed by atoms with van der Waals surface area (Å²) in [6.07, 6.45) is 2.07. The number of hydrogen-bond donors (Lipinski definition) is 2. The van der Waals surface area contributed by atoms with E-state index >= 15 is 0 Å². The minimum atomic E-state index is -0.242. The molecule has 4 nitrogen and oxygen atoms in total. The van der Waals surface area contributed by atoms with Crippen molar-refractivity contribution >= 4 is 5.91 Å². The third kappa shape index (κ3) is 7.35. The topological polar surface area (TPSA) is 50.4 Å². The fraction of sp³-hybridized carbons (Fsp3) is 0.350. The van der Waals surface area contributed by atoms with Crippen LogP contribution in [-0.2, 0) is 17.6 Å². The molecule has 0 bridgehead atoms. The number of rotatable bonds is 10. The third-order valence-electron chi connectivity index (χ3n) is 3.93. The molecule has 25 heavy (non-hydrogen) atoms. The summed E-state index contributed by atoms with van der Waals surface area (Å²) < 4.78 is 17.9. The zero-order valence-electron chi connectivity index (χ0n) is 14.6. The number of benzene rings is 2. The predicted octanol–water partition coefficient (Wildman–Crippen LogP) is 2.72. The Bertz CT molecular complexity index is 642. The molecule has 0 heterocycles. The van der Waals surface area contributed by atoms with E-state index in [1.807, 2.05) is 24.3 Å². The van der Waals surface area contributed by atoms with Crippen LogP contribution in [0.3, 0.4) is 0 Å². The molecule has 0 aliphatic rings. The Morgan fingerprint density at radius 2 is 1.52 bits per heavy atom. The zero-order valence-corrected chi connectivity index (χ0v) is 14.6. The molecule has 0 atom stereocenters. The van der Waals surface area contributed by atoms with Crippen LogP contribution in [0.5, 0.6) is 5.75 Å². The number of halogens is 1. The molecule has 2 aromatic carbocycles. The lowest BCUT2D eigenvalue weighted by Gasteiger charge is -2.07. The van der Waals surface area contributed by atoms with E-state index in [1.54, 1.807) is 19.2 Å². The molecule has 1 amide bonds. The number of amides is 1. The Morgan fingerprint density at radius 3 is 2.16 bits per heavy atom. The van der Waals surface area contributed by atoms with Gasteiger partial charge in [-0.15, -0.1) is 0 Å². The molecule has 2 aromatic rings. The SMILES string of the molecule is COc1ccc(CCNCCC(=O)NCCc2ccc(F)cc2)cc1. The Kier molecular flexibility index (Phi) is 7.92. The first-order chi connectivity index (χ1) is 12.2. The first kappa shape index (κ1) is 18.9. The standard InChI is InChI=1S/C20H25FN2O2/c1-25-19-8-4-17(5-9-19)10-13-22-14-12-20(24)23-15-11-16-2-6-18(21)7-3-16/h2-9,22H,10-15H2,1H3,(H,23,24). The highest BCUT2D eigenvalue weighted by atomic mass is 19.1. The van der Waals surface area contributed by atoms with Gasteiger partial charge in [-0.25, -0.2) is 4.39 Å². The Labute approximate surface area is 148 Å². The first-order valence-corrected chi connectivity index (χ1v) is 8.52. The van der Waals surface area contributed by atoms with E-state index < -0.39 is 0 Å². The van der Waals surface area contributed by atoms with Crippen molar-refractivity contribution < 1.29 is 13.9 Å². The molecule has 2 N–H and O–H groups in total. The second kappa shape index (κ2) is 10.5. The minimum absolute atomic E-state index is 0.0269. The van der Waals surface area contributed by atoms with E-state index in [2.05, 4.69) is 10.6 Å². The maximum absolute atomic E-state index is 12.8. The van der Waals surface area contributed by atoms with Crippen LogP contribution in [0.1, 0.15) is 17.5 Å². The van der Waals surface area contributed by atoms with Crippen LogP contribution in [0, 0.1) is 5.82 Å². The molecule has 0 aliphatic heterocycles. The van der Waals surface area contributed by atoms with Crippen LogP contribution >= 0.6 is 0 Å². The maximum Gasteiger partial charge on any atom is 0.221 e. The van der Waals surface area contributed by atoms with Crippen LogP contribution in [-0.4, -0.2) is 32.7 Å². The quantitative estimate of drug-likeness (QED) is 0.652. The van der Waals surface area contributed by atoms with E-state index in [9.17, 15) is 9.18 Å². The molecule has 0 fully saturated rings. The summed E-state index contributed by atoms with van der Waals surface area (Å²) in [5.41, 5.74) is 2.25. The molecule has 0 saturated heterocycles. The maximum atomic E-state index is 12.8. The largest absolute Gasteiger partial charge is 0.497 e. The van der Waals surface area contributed by atoms with Crippen LogP contribution in [0.25, 0.3) is 0 Å². The normalized spacial score (nSPS) is 10.5. The van der Waals surface area contributed by atoms with Crippen molar-refractivity contribution in [3.8, 4) is 5.75 Å². The lowest BCUT2D eigenvalue weighted by molar-refractivity contribution is -0.120. The van der Waals surface area contributed by atoms with Crippen LogP contribution in [0.2, 0.25) is 0 Å². The lowest BCUT2D eigenvalue weighted by atomic mass is 10.1. The smallest absolute Gasteiger partial charge is 0.221 e. The van der Waals surface area contributed by atoms with E-state index in [1.165, 1.54) is 17.7 Å². The summed E-state index contributed by atoms with van der Waals surface area (Å²) in [6, 6.07) is 14.3. The third-order valence-corrected chi connectivity index (χ3v) is 3.93. The van der Waals surface area contributed by atoms with Crippen molar-refractivity contribution in [3.63, 3.8) is 0 Å². The molecule has 2 rings (SSSR count). The zero-order chi connectivity index (χ0) is 17.9. The highest BCUT2D eigenvalue weighted by molar-refractivity contribution is 5.76. The van der Waals surface area contributed by atoms with Gasteiger partial charge in [-0.1, -0.05) is 24.3 Å². The number of carbonyl (C=O) groups is 1. The summed E-state index contributed by atoms with van der Waals surface area (Å²) in [6.45, 7) is 2.05. The molecular formula is C20H25FN2O2. The summed E-state index contributed by atoms with van der Waals surface area (Å²) in [5.74, 6) is 0.640. The lowest BCUT2D eigenvalue weighted by Crippen LogP contribution is -2.29. The highest BCUT2D eigenvalue weighted by Crippen LogP contribution is 2.11. The monoisotopic (exact) mass is 344 g/mol. The minimum Gasteiger partial charge on any atom is -0.497 e. The van der Waals surface area contributed by atoms with Crippen LogP contribution in [0.4, 0.5) is 4.39 Å². The van der Waals surface area contributed by atoms with Crippen LogP contribution in [0.15, 0.2) is 48.5 Å². The van der Waals surface area contributed by atoms with Gasteiger partial charge < -0.3 is 15.4 Å². The molecule has 0 aliphatic carbocycles. The second-order valence-corrected chi connectivity index (χ2v) is 5.82. The van der Waals surface area contributed by atoms with Gasteiger partial charge in [-0.2, -0.15) is 0 Å². The fourth-order valence-electron chi connectivity index (χ4n) is 2.44. The van der Waals surface area contributed by atoms with Crippen molar-refractivity contribution in [2.75, 3.05) is 26.7 Å². The van der Waals surface area contributed by atoms with Crippen molar-refractivity contribution in [1.29, 1.82) is 0 Å². The Balaban J connectivity index is 1.52. The first-order valence-electron chi connectivity index (χ1n) is 8.52. The molecular weight excluding hydrogens is 319 g/mol. The average molecular weight is 344 g/mol. The second-order valence-electron chi connectivity index (χ2n) is 5.82. The van der Waals surface area contributed by atoms with Gasteiger partial charge >= 0.3 is 0 Å². The fourth-order valence-corrected chi connectivity index (χ4v) is 2.44. The molecule has 0 unspecified atom stereocenters. The summed E-state index contributed by atoms with van der Waals surface area (Å²) >= 11 is 0. The van der Waals surface area contributed by atoms with Gasteiger partial charge in [0.1, 0.15) is 11.6 Å². The number of carbonyl (C=O) groups excluding carboxylic acids is 1. The average Bonchev–Trinajstić information content (AvgIpc) is 2.63. The van der Waals surface area contributed by atoms with Crippen molar-refractivity contribution in [1.82, 2.24) is 10.6 Å². The molecule has 0 radical (unpaired) electrons. The van der Waals surface area contributed by atoms with Gasteiger partial charge in [-0.3, -0.25) is 4.79 Å². The van der Waals surface area contributed by atoms with Gasteiger partial charge in [0.15, 0.2) is 0 Å². The van der Waals surface area contributed by atoms with Gasteiger partial charge in [0.05, 0.1) is 7.11 Å². The van der Waals surface area contributed by atoms with Crippen molar-refractivity contribution in [3.05, 3.63) is 65.5 Å². The highest BCUT2D eigenvalue weighted by Gasteiger charge is 2.01. The number of methoxy groups -OCH3 is 1. The van der Waals surface area contributed by atoms with Gasteiger partial charge in [0.2, 0.25) is 5.91 Å². The number of ether oxygens (including phenoxy) is 1. The Morgan fingerprint density at radius 1 is 0.920 bits per heavy atom.